The van der Waals surface area contributed by atoms with Crippen LogP contribution in [0.5, 0.6) is 0 Å². The lowest BCUT2D eigenvalue weighted by Gasteiger charge is -2.16. The number of nitrogens with one attached hydrogen (secondary N) is 1. The average Bonchev–Trinajstić information content (AvgIpc) is 3.23. The topological polar surface area (TPSA) is 61.6 Å². The van der Waals surface area contributed by atoms with Gasteiger partial charge in [-0.15, -0.1) is 5.10 Å². The summed E-state index contributed by atoms with van der Waals surface area (Å²) in [6, 6.07) is 2.24. The number of rotatable bonds is 4. The number of nitriles is 1. The number of anilines is 1. The molecule has 0 unspecified atom stereocenters. The zero-order valence-corrected chi connectivity index (χ0v) is 11.0. The Morgan fingerprint density at radius 2 is 2.06 bits per heavy atom. The SMILES string of the molecule is Cc1nnc(NCC2(C3CC3)CC2)c(C#N)c1C. The molecule has 1 aromatic heterocycles. The number of aromatic nitrogens is 2. The first-order valence-corrected chi connectivity index (χ1v) is 6.64. The van der Waals surface area contributed by atoms with E-state index in [1.807, 2.05) is 13.8 Å². The van der Waals surface area contributed by atoms with Crippen LogP contribution in [0.4, 0.5) is 5.82 Å². The third kappa shape index (κ3) is 1.84. The number of hydrogen-bond acceptors (Lipinski definition) is 4. The van der Waals surface area contributed by atoms with Crippen LogP contribution in [0.15, 0.2) is 0 Å². The van der Waals surface area contributed by atoms with Gasteiger partial charge >= 0.3 is 0 Å². The summed E-state index contributed by atoms with van der Waals surface area (Å²) < 4.78 is 0. The molecule has 2 aliphatic carbocycles. The minimum Gasteiger partial charge on any atom is -0.367 e. The lowest BCUT2D eigenvalue weighted by molar-refractivity contribution is 0.466. The lowest BCUT2D eigenvalue weighted by atomic mass is 10.0. The van der Waals surface area contributed by atoms with Crippen LogP contribution in [0.1, 0.15) is 42.5 Å². The summed E-state index contributed by atoms with van der Waals surface area (Å²) in [4.78, 5) is 0. The van der Waals surface area contributed by atoms with Crippen molar-refractivity contribution in [3.8, 4) is 6.07 Å². The van der Waals surface area contributed by atoms with Gasteiger partial charge in [0.2, 0.25) is 0 Å². The Hall–Kier alpha value is -1.63. The van der Waals surface area contributed by atoms with Gasteiger partial charge in [0, 0.05) is 6.54 Å². The van der Waals surface area contributed by atoms with Gasteiger partial charge in [-0.1, -0.05) is 0 Å². The molecule has 0 aromatic carbocycles. The minimum atomic E-state index is 0.507. The Balaban J connectivity index is 1.77. The number of nitrogens with zero attached hydrogens (tertiary/aromatic N) is 3. The van der Waals surface area contributed by atoms with Crippen LogP contribution in [-0.2, 0) is 0 Å². The van der Waals surface area contributed by atoms with Crippen LogP contribution in [0.2, 0.25) is 0 Å². The molecule has 0 saturated heterocycles. The first kappa shape index (κ1) is 11.5. The van der Waals surface area contributed by atoms with Crippen LogP contribution >= 0.6 is 0 Å². The van der Waals surface area contributed by atoms with E-state index in [-0.39, 0.29) is 0 Å². The molecular formula is C14H18N4. The predicted octanol–water partition coefficient (Wildman–Crippen LogP) is 2.57. The van der Waals surface area contributed by atoms with Crippen molar-refractivity contribution in [2.75, 3.05) is 11.9 Å². The fourth-order valence-electron chi connectivity index (χ4n) is 2.71. The molecule has 0 aliphatic heterocycles. The first-order chi connectivity index (χ1) is 8.66. The lowest BCUT2D eigenvalue weighted by Crippen LogP contribution is -2.19. The Kier molecular flexibility index (Phi) is 2.51. The van der Waals surface area contributed by atoms with Crippen molar-refractivity contribution < 1.29 is 0 Å². The molecule has 1 heterocycles. The van der Waals surface area contributed by atoms with E-state index in [2.05, 4.69) is 21.6 Å². The maximum Gasteiger partial charge on any atom is 0.166 e. The maximum absolute atomic E-state index is 9.23. The van der Waals surface area contributed by atoms with Gasteiger partial charge in [-0.25, -0.2) is 0 Å². The zero-order chi connectivity index (χ0) is 12.8. The summed E-state index contributed by atoms with van der Waals surface area (Å²) in [5, 5.41) is 20.8. The Bertz CT molecular complexity index is 521. The van der Waals surface area contributed by atoms with Crippen molar-refractivity contribution in [3.05, 3.63) is 16.8 Å². The summed E-state index contributed by atoms with van der Waals surface area (Å²) in [6.45, 7) is 4.77. The highest BCUT2D eigenvalue weighted by Gasteiger charge is 2.53. The molecule has 1 aromatic rings. The molecule has 4 heteroatoms. The van der Waals surface area contributed by atoms with Crippen molar-refractivity contribution in [1.29, 1.82) is 5.26 Å². The van der Waals surface area contributed by atoms with E-state index in [4.69, 9.17) is 0 Å². The van der Waals surface area contributed by atoms with E-state index >= 15 is 0 Å². The molecule has 0 spiro atoms. The van der Waals surface area contributed by atoms with E-state index in [1.54, 1.807) is 0 Å². The summed E-state index contributed by atoms with van der Waals surface area (Å²) >= 11 is 0. The highest BCUT2D eigenvalue weighted by atomic mass is 15.2. The zero-order valence-electron chi connectivity index (χ0n) is 11.0. The molecular weight excluding hydrogens is 224 g/mol. The monoisotopic (exact) mass is 242 g/mol. The highest BCUT2D eigenvalue weighted by molar-refractivity contribution is 5.56. The molecule has 0 bridgehead atoms. The van der Waals surface area contributed by atoms with E-state index < -0.39 is 0 Å². The Morgan fingerprint density at radius 1 is 1.33 bits per heavy atom. The summed E-state index contributed by atoms with van der Waals surface area (Å²) in [7, 11) is 0. The minimum absolute atomic E-state index is 0.507. The van der Waals surface area contributed by atoms with Gasteiger partial charge in [0.1, 0.15) is 11.6 Å². The van der Waals surface area contributed by atoms with Crippen molar-refractivity contribution in [1.82, 2.24) is 10.2 Å². The van der Waals surface area contributed by atoms with Crippen molar-refractivity contribution >= 4 is 5.82 Å². The third-order valence-corrected chi connectivity index (χ3v) is 4.51. The van der Waals surface area contributed by atoms with Crippen LogP contribution < -0.4 is 5.32 Å². The third-order valence-electron chi connectivity index (χ3n) is 4.51. The van der Waals surface area contributed by atoms with Gasteiger partial charge in [-0.05, 0) is 56.4 Å². The molecule has 0 atom stereocenters. The largest absolute Gasteiger partial charge is 0.367 e. The fourth-order valence-corrected chi connectivity index (χ4v) is 2.71. The van der Waals surface area contributed by atoms with Crippen molar-refractivity contribution in [2.45, 2.75) is 39.5 Å². The van der Waals surface area contributed by atoms with Crippen LogP contribution in [0.25, 0.3) is 0 Å². The quantitative estimate of drug-likeness (QED) is 0.881. The van der Waals surface area contributed by atoms with E-state index in [0.29, 0.717) is 16.8 Å². The summed E-state index contributed by atoms with van der Waals surface area (Å²) in [6.07, 6.45) is 5.41. The van der Waals surface area contributed by atoms with Gasteiger partial charge < -0.3 is 5.32 Å². The highest BCUT2D eigenvalue weighted by Crippen LogP contribution is 2.61. The maximum atomic E-state index is 9.23. The van der Waals surface area contributed by atoms with Gasteiger partial charge in [-0.2, -0.15) is 10.4 Å². The first-order valence-electron chi connectivity index (χ1n) is 6.64. The Morgan fingerprint density at radius 3 is 2.61 bits per heavy atom. The summed E-state index contributed by atoms with van der Waals surface area (Å²) in [5.74, 6) is 1.57. The van der Waals surface area contributed by atoms with E-state index in [0.717, 1.165) is 23.7 Å². The van der Waals surface area contributed by atoms with Crippen LogP contribution in [0, 0.1) is 36.5 Å². The second-order valence-electron chi connectivity index (χ2n) is 5.74. The molecule has 3 rings (SSSR count). The molecule has 4 nitrogen and oxygen atoms in total. The smallest absolute Gasteiger partial charge is 0.166 e. The second-order valence-corrected chi connectivity index (χ2v) is 5.74. The molecule has 0 amide bonds. The molecule has 2 aliphatic rings. The molecule has 94 valence electrons. The number of hydrogen-bond donors (Lipinski definition) is 1. The predicted molar refractivity (Wildman–Crippen MR) is 69.1 cm³/mol. The Labute approximate surface area is 107 Å². The van der Waals surface area contributed by atoms with Crippen LogP contribution in [0.3, 0.4) is 0 Å². The molecule has 18 heavy (non-hydrogen) atoms. The summed E-state index contributed by atoms with van der Waals surface area (Å²) in [5.41, 5.74) is 2.92. The van der Waals surface area contributed by atoms with Gasteiger partial charge in [0.05, 0.1) is 5.69 Å². The average molecular weight is 242 g/mol. The van der Waals surface area contributed by atoms with E-state index in [9.17, 15) is 5.26 Å². The van der Waals surface area contributed by atoms with Crippen molar-refractivity contribution in [3.63, 3.8) is 0 Å². The van der Waals surface area contributed by atoms with E-state index in [1.165, 1.54) is 25.7 Å². The van der Waals surface area contributed by atoms with Gasteiger partial charge in [-0.3, -0.25) is 0 Å². The van der Waals surface area contributed by atoms with Gasteiger partial charge in [0.15, 0.2) is 5.82 Å². The molecule has 0 radical (unpaired) electrons. The second kappa shape index (κ2) is 3.94. The van der Waals surface area contributed by atoms with Crippen molar-refractivity contribution in [2.24, 2.45) is 11.3 Å². The van der Waals surface area contributed by atoms with Crippen LogP contribution in [-0.4, -0.2) is 16.7 Å². The molecule has 2 fully saturated rings. The fraction of sp³-hybridized carbons (Fsp3) is 0.643. The molecule has 2 saturated carbocycles. The molecule has 1 N–H and O–H groups in total. The normalized spacial score (nSPS) is 20.3. The van der Waals surface area contributed by atoms with Gasteiger partial charge in [0.25, 0.3) is 0 Å². The standard InChI is InChI=1S/C14H18N4/c1-9-10(2)17-18-13(12(9)7-15)16-8-14(5-6-14)11-3-4-11/h11H,3-6,8H2,1-2H3,(H,16,18). The number of aryl methyl sites for hydroxylation is 1.